The van der Waals surface area contributed by atoms with Crippen molar-refractivity contribution >= 4 is 31.6 Å². The van der Waals surface area contributed by atoms with Gasteiger partial charge in [0, 0.05) is 16.7 Å². The Morgan fingerprint density at radius 1 is 1.44 bits per heavy atom. The third-order valence-electron chi connectivity index (χ3n) is 2.88. The van der Waals surface area contributed by atoms with Crippen LogP contribution in [0.5, 0.6) is 0 Å². The number of benzene rings is 1. The lowest BCUT2D eigenvalue weighted by Crippen LogP contribution is -2.26. The minimum Gasteiger partial charge on any atom is -0.398 e. The van der Waals surface area contributed by atoms with Crippen molar-refractivity contribution in [3.8, 4) is 0 Å². The third kappa shape index (κ3) is 3.21. The number of nitrogen functional groups attached to an aromatic ring is 1. The standard InChI is InChI=1S/C11H14BrFN2O2S/c12-8-5-9(13)11(6-10(8)14)18(16,17)15-4-3-7-1-2-7/h5-7,15H,1-4,14H2. The highest BCUT2D eigenvalue weighted by molar-refractivity contribution is 9.10. The van der Waals surface area contributed by atoms with E-state index in [4.69, 9.17) is 5.73 Å². The van der Waals surface area contributed by atoms with Gasteiger partial charge >= 0.3 is 0 Å². The summed E-state index contributed by atoms with van der Waals surface area (Å²) in [6.45, 7) is 0.336. The Kier molecular flexibility index (Phi) is 3.93. The van der Waals surface area contributed by atoms with Crippen LogP contribution in [0.2, 0.25) is 0 Å². The number of nitrogens with one attached hydrogen (secondary N) is 1. The van der Waals surface area contributed by atoms with Gasteiger partial charge < -0.3 is 5.73 Å². The fourth-order valence-electron chi connectivity index (χ4n) is 1.63. The first kappa shape index (κ1) is 13.8. The van der Waals surface area contributed by atoms with Crippen LogP contribution < -0.4 is 10.5 Å². The Labute approximate surface area is 114 Å². The predicted octanol–water partition coefficient (Wildman–Crippen LogP) is 2.25. The molecular formula is C11H14BrFN2O2S. The SMILES string of the molecule is Nc1cc(S(=O)(=O)NCCC2CC2)c(F)cc1Br. The summed E-state index contributed by atoms with van der Waals surface area (Å²) >= 11 is 3.05. The van der Waals surface area contributed by atoms with Gasteiger partial charge in [-0.05, 0) is 40.4 Å². The van der Waals surface area contributed by atoms with Crippen LogP contribution in [-0.4, -0.2) is 15.0 Å². The Hall–Kier alpha value is -0.660. The van der Waals surface area contributed by atoms with Crippen LogP contribution in [0.4, 0.5) is 10.1 Å². The predicted molar refractivity (Wildman–Crippen MR) is 71.0 cm³/mol. The molecule has 1 aromatic carbocycles. The van der Waals surface area contributed by atoms with Crippen LogP contribution in [0, 0.1) is 11.7 Å². The van der Waals surface area contributed by atoms with Gasteiger partial charge in [0.25, 0.3) is 0 Å². The highest BCUT2D eigenvalue weighted by atomic mass is 79.9. The van der Waals surface area contributed by atoms with Crippen molar-refractivity contribution in [3.63, 3.8) is 0 Å². The normalized spacial score (nSPS) is 15.9. The quantitative estimate of drug-likeness (QED) is 0.810. The van der Waals surface area contributed by atoms with E-state index in [1.54, 1.807) is 0 Å². The number of sulfonamides is 1. The zero-order valence-corrected chi connectivity index (χ0v) is 12.0. The van der Waals surface area contributed by atoms with E-state index in [1.807, 2.05) is 0 Å². The molecule has 7 heteroatoms. The van der Waals surface area contributed by atoms with Gasteiger partial charge in [-0.25, -0.2) is 17.5 Å². The summed E-state index contributed by atoms with van der Waals surface area (Å²) < 4.78 is 40.2. The van der Waals surface area contributed by atoms with Gasteiger partial charge in [-0.15, -0.1) is 0 Å². The molecule has 2 rings (SSSR count). The Morgan fingerprint density at radius 2 is 2.11 bits per heavy atom. The summed E-state index contributed by atoms with van der Waals surface area (Å²) in [4.78, 5) is -0.404. The van der Waals surface area contributed by atoms with E-state index in [0.717, 1.165) is 31.4 Å². The van der Waals surface area contributed by atoms with Crippen molar-refractivity contribution in [1.29, 1.82) is 0 Å². The number of anilines is 1. The highest BCUT2D eigenvalue weighted by Crippen LogP contribution is 2.32. The topological polar surface area (TPSA) is 72.2 Å². The van der Waals surface area contributed by atoms with Crippen LogP contribution in [-0.2, 0) is 10.0 Å². The zero-order chi connectivity index (χ0) is 13.3. The molecule has 0 atom stereocenters. The molecule has 0 saturated heterocycles. The molecule has 1 saturated carbocycles. The summed E-state index contributed by atoms with van der Waals surface area (Å²) in [7, 11) is -3.82. The fourth-order valence-corrected chi connectivity index (χ4v) is 3.09. The molecule has 18 heavy (non-hydrogen) atoms. The molecule has 1 fully saturated rings. The van der Waals surface area contributed by atoms with Crippen LogP contribution in [0.1, 0.15) is 19.3 Å². The molecule has 0 amide bonds. The lowest BCUT2D eigenvalue weighted by molar-refractivity contribution is 0.553. The molecule has 1 aliphatic carbocycles. The van der Waals surface area contributed by atoms with E-state index < -0.39 is 20.7 Å². The molecule has 0 bridgehead atoms. The average molecular weight is 337 g/mol. The minimum atomic E-state index is -3.82. The van der Waals surface area contributed by atoms with E-state index >= 15 is 0 Å². The van der Waals surface area contributed by atoms with E-state index in [9.17, 15) is 12.8 Å². The molecule has 0 unspecified atom stereocenters. The number of hydrogen-bond donors (Lipinski definition) is 2. The first-order valence-electron chi connectivity index (χ1n) is 5.64. The molecular weight excluding hydrogens is 323 g/mol. The molecule has 0 aliphatic heterocycles. The largest absolute Gasteiger partial charge is 0.398 e. The summed E-state index contributed by atoms with van der Waals surface area (Å²) in [6.07, 6.45) is 3.11. The van der Waals surface area contributed by atoms with Gasteiger partial charge in [-0.2, -0.15) is 0 Å². The maximum atomic E-state index is 13.6. The van der Waals surface area contributed by atoms with Crippen molar-refractivity contribution in [2.45, 2.75) is 24.2 Å². The van der Waals surface area contributed by atoms with Gasteiger partial charge in [-0.3, -0.25) is 0 Å². The molecule has 0 spiro atoms. The first-order valence-corrected chi connectivity index (χ1v) is 7.92. The molecule has 3 N–H and O–H groups in total. The lowest BCUT2D eigenvalue weighted by atomic mass is 10.3. The van der Waals surface area contributed by atoms with E-state index in [-0.39, 0.29) is 5.69 Å². The average Bonchev–Trinajstić information content (AvgIpc) is 3.07. The Morgan fingerprint density at radius 3 is 2.72 bits per heavy atom. The van der Waals surface area contributed by atoms with Crippen molar-refractivity contribution in [1.82, 2.24) is 4.72 Å². The monoisotopic (exact) mass is 336 g/mol. The summed E-state index contributed by atoms with van der Waals surface area (Å²) in [5, 5.41) is 0. The molecule has 0 radical (unpaired) electrons. The van der Waals surface area contributed by atoms with E-state index in [2.05, 4.69) is 20.7 Å². The second-order valence-corrected chi connectivity index (χ2v) is 7.02. The minimum absolute atomic E-state index is 0.193. The lowest BCUT2D eigenvalue weighted by Gasteiger charge is -2.09. The van der Waals surface area contributed by atoms with Gasteiger partial charge in [-0.1, -0.05) is 12.8 Å². The maximum Gasteiger partial charge on any atom is 0.243 e. The van der Waals surface area contributed by atoms with Crippen LogP contribution >= 0.6 is 15.9 Å². The van der Waals surface area contributed by atoms with Gasteiger partial charge in [0.15, 0.2) is 0 Å². The van der Waals surface area contributed by atoms with Gasteiger partial charge in [0.1, 0.15) is 10.7 Å². The summed E-state index contributed by atoms with van der Waals surface area (Å²) in [6, 6.07) is 2.18. The molecule has 1 aliphatic rings. The highest BCUT2D eigenvalue weighted by Gasteiger charge is 2.24. The number of nitrogens with two attached hydrogens (primary N) is 1. The number of hydrogen-bond acceptors (Lipinski definition) is 3. The summed E-state index contributed by atoms with van der Waals surface area (Å²) in [5.74, 6) is -0.192. The van der Waals surface area contributed by atoms with Gasteiger partial charge in [0.2, 0.25) is 10.0 Å². The van der Waals surface area contributed by atoms with Crippen LogP contribution in [0.3, 0.4) is 0 Å². The van der Waals surface area contributed by atoms with Crippen molar-refractivity contribution in [3.05, 3.63) is 22.4 Å². The first-order chi connectivity index (χ1) is 8.40. The molecule has 0 heterocycles. The van der Waals surface area contributed by atoms with Crippen molar-refractivity contribution in [2.75, 3.05) is 12.3 Å². The van der Waals surface area contributed by atoms with Gasteiger partial charge in [0.05, 0.1) is 0 Å². The second-order valence-electron chi connectivity index (χ2n) is 4.43. The van der Waals surface area contributed by atoms with Crippen molar-refractivity contribution in [2.24, 2.45) is 5.92 Å². The summed E-state index contributed by atoms with van der Waals surface area (Å²) in [5.41, 5.74) is 5.76. The smallest absolute Gasteiger partial charge is 0.243 e. The molecule has 100 valence electrons. The van der Waals surface area contributed by atoms with E-state index in [1.165, 1.54) is 0 Å². The third-order valence-corrected chi connectivity index (χ3v) is 5.05. The molecule has 4 nitrogen and oxygen atoms in total. The fraction of sp³-hybridized carbons (Fsp3) is 0.455. The second kappa shape index (κ2) is 5.14. The Balaban J connectivity index is 2.14. The van der Waals surface area contributed by atoms with Crippen LogP contribution in [0.15, 0.2) is 21.5 Å². The number of halogens is 2. The van der Waals surface area contributed by atoms with E-state index in [0.29, 0.717) is 16.9 Å². The zero-order valence-electron chi connectivity index (χ0n) is 9.62. The molecule has 0 aromatic heterocycles. The maximum absolute atomic E-state index is 13.6. The Bertz CT molecular complexity index is 558. The van der Waals surface area contributed by atoms with Crippen LogP contribution in [0.25, 0.3) is 0 Å². The molecule has 1 aromatic rings. The number of rotatable bonds is 5. The van der Waals surface area contributed by atoms with Crippen molar-refractivity contribution < 1.29 is 12.8 Å².